The number of hydrogen-bond donors (Lipinski definition) is 0. The van der Waals surface area contributed by atoms with Crippen molar-refractivity contribution in [1.82, 2.24) is 20.1 Å². The molecule has 0 aliphatic carbocycles. The smallest absolute Gasteiger partial charge is 0.270 e. The fraction of sp³-hybridized carbons (Fsp3) is 0.429. The second-order valence-electron chi connectivity index (χ2n) is 2.63. The van der Waals surface area contributed by atoms with E-state index in [9.17, 15) is 0 Å². The Balaban J connectivity index is 2.85. The summed E-state index contributed by atoms with van der Waals surface area (Å²) in [4.78, 5) is 9.98. The molecule has 5 nitrogen and oxygen atoms in total. The van der Waals surface area contributed by atoms with Crippen LogP contribution >= 0.6 is 15.9 Å². The Morgan fingerprint density at radius 1 is 1.46 bits per heavy atom. The lowest BCUT2D eigenvalue weighted by molar-refractivity contribution is 0.617. The van der Waals surface area contributed by atoms with Crippen LogP contribution in [0.3, 0.4) is 0 Å². The fourth-order valence-corrected chi connectivity index (χ4v) is 0.733. The van der Waals surface area contributed by atoms with Crippen molar-refractivity contribution in [3.05, 3.63) is 10.8 Å². The zero-order valence-electron chi connectivity index (χ0n) is 7.69. The Kier molecular flexibility index (Phi) is 3.30. The van der Waals surface area contributed by atoms with Gasteiger partial charge in [0.2, 0.25) is 0 Å². The van der Waals surface area contributed by atoms with E-state index in [0.29, 0.717) is 10.6 Å². The third kappa shape index (κ3) is 3.06. The summed E-state index contributed by atoms with van der Waals surface area (Å²) in [5.74, 6) is 1.21. The van der Waals surface area contributed by atoms with Crippen LogP contribution < -0.4 is 0 Å². The Labute approximate surface area is 85.0 Å². The number of aromatic nitrogens is 3. The molecule has 0 aliphatic rings. The first-order valence-corrected chi connectivity index (χ1v) is 4.46. The lowest BCUT2D eigenvalue weighted by Gasteiger charge is -2.09. The van der Waals surface area contributed by atoms with Gasteiger partial charge in [0.05, 0.1) is 6.20 Å². The van der Waals surface area contributed by atoms with Gasteiger partial charge in [-0.3, -0.25) is 0 Å². The minimum atomic E-state index is 0.370. The van der Waals surface area contributed by atoms with Crippen LogP contribution in [0.25, 0.3) is 0 Å². The van der Waals surface area contributed by atoms with Crippen molar-refractivity contribution < 1.29 is 0 Å². The van der Waals surface area contributed by atoms with Gasteiger partial charge in [-0.1, -0.05) is 0 Å². The van der Waals surface area contributed by atoms with Crippen LogP contribution in [0, 0.1) is 0 Å². The van der Waals surface area contributed by atoms with Gasteiger partial charge < -0.3 is 4.90 Å². The predicted octanol–water partition coefficient (Wildman–Crippen LogP) is 1.25. The van der Waals surface area contributed by atoms with Gasteiger partial charge in [0.25, 0.3) is 5.95 Å². The summed E-state index contributed by atoms with van der Waals surface area (Å²) in [6.07, 6.45) is 1.56. The van der Waals surface area contributed by atoms with E-state index in [1.54, 1.807) is 6.20 Å². The molecule has 1 heterocycles. The van der Waals surface area contributed by atoms with Crippen LogP contribution in [-0.4, -0.2) is 40.0 Å². The van der Waals surface area contributed by atoms with E-state index >= 15 is 0 Å². The van der Waals surface area contributed by atoms with Crippen LogP contribution in [-0.2, 0) is 0 Å². The van der Waals surface area contributed by atoms with Crippen LogP contribution in [0.15, 0.2) is 15.8 Å². The molecule has 0 radical (unpaired) electrons. The molecular formula is C7H10BrN5. The number of rotatable bonds is 1. The average Bonchev–Trinajstić information content (AvgIpc) is 2.08. The van der Waals surface area contributed by atoms with Crippen molar-refractivity contribution in [3.8, 4) is 0 Å². The maximum Gasteiger partial charge on any atom is 0.270 e. The molecule has 0 saturated heterocycles. The zero-order valence-corrected chi connectivity index (χ0v) is 9.28. The summed E-state index contributed by atoms with van der Waals surface area (Å²) in [5, 5.41) is 7.55. The van der Waals surface area contributed by atoms with Crippen LogP contribution in [0.2, 0.25) is 0 Å². The van der Waals surface area contributed by atoms with E-state index in [4.69, 9.17) is 0 Å². The summed E-state index contributed by atoms with van der Waals surface area (Å²) >= 11 is 3.15. The minimum absolute atomic E-state index is 0.370. The van der Waals surface area contributed by atoms with E-state index in [0.717, 1.165) is 5.84 Å². The molecular weight excluding hydrogens is 234 g/mol. The number of aliphatic imine (C=N–C) groups is 1. The Bertz CT molecular complexity index is 305. The topological polar surface area (TPSA) is 54.3 Å². The monoisotopic (exact) mass is 243 g/mol. The highest BCUT2D eigenvalue weighted by Gasteiger charge is 1.97. The van der Waals surface area contributed by atoms with Crippen LogP contribution in [0.1, 0.15) is 6.92 Å². The molecule has 70 valence electrons. The number of nitrogens with zero attached hydrogens (tertiary/aromatic N) is 5. The maximum absolute atomic E-state index is 4.14. The normalized spacial score (nSPS) is 11.5. The third-order valence-corrected chi connectivity index (χ3v) is 1.79. The first kappa shape index (κ1) is 10.0. The Morgan fingerprint density at radius 2 is 2.15 bits per heavy atom. The van der Waals surface area contributed by atoms with Crippen molar-refractivity contribution >= 4 is 27.7 Å². The van der Waals surface area contributed by atoms with Gasteiger partial charge in [0, 0.05) is 14.1 Å². The third-order valence-electron chi connectivity index (χ3n) is 1.43. The first-order valence-electron chi connectivity index (χ1n) is 3.67. The Morgan fingerprint density at radius 3 is 2.62 bits per heavy atom. The predicted molar refractivity (Wildman–Crippen MR) is 54.0 cm³/mol. The van der Waals surface area contributed by atoms with Gasteiger partial charge in [0.15, 0.2) is 0 Å². The molecule has 0 atom stereocenters. The molecule has 0 bridgehead atoms. The molecule has 0 saturated carbocycles. The fourth-order valence-electron chi connectivity index (χ4n) is 0.551. The van der Waals surface area contributed by atoms with Gasteiger partial charge in [-0.25, -0.2) is 4.98 Å². The van der Waals surface area contributed by atoms with Crippen molar-refractivity contribution in [2.45, 2.75) is 6.92 Å². The number of amidine groups is 1. The largest absolute Gasteiger partial charge is 0.366 e. The summed E-state index contributed by atoms with van der Waals surface area (Å²) in [5.41, 5.74) is 0. The van der Waals surface area contributed by atoms with E-state index in [2.05, 4.69) is 36.1 Å². The maximum atomic E-state index is 4.14. The molecule has 13 heavy (non-hydrogen) atoms. The molecule has 0 unspecified atom stereocenters. The lowest BCUT2D eigenvalue weighted by atomic mass is 10.6. The number of hydrogen-bond acceptors (Lipinski definition) is 4. The quantitative estimate of drug-likeness (QED) is 0.551. The summed E-state index contributed by atoms with van der Waals surface area (Å²) in [7, 11) is 3.82. The van der Waals surface area contributed by atoms with Gasteiger partial charge in [-0.2, -0.15) is 4.99 Å². The molecule has 0 aliphatic heterocycles. The molecule has 1 aromatic rings. The second-order valence-corrected chi connectivity index (χ2v) is 3.45. The Hall–Kier alpha value is -1.04. The van der Waals surface area contributed by atoms with Gasteiger partial charge in [0.1, 0.15) is 10.4 Å². The van der Waals surface area contributed by atoms with E-state index in [1.165, 1.54) is 0 Å². The SMILES string of the molecule is C/C(=N\c1ncc(Br)nn1)N(C)C. The average molecular weight is 244 g/mol. The lowest BCUT2D eigenvalue weighted by Crippen LogP contribution is -2.18. The standard InChI is InChI=1S/C7H10BrN5/c1-5(13(2)3)10-7-9-4-6(8)11-12-7/h4H,1-3H3/b10-5+. The van der Waals surface area contributed by atoms with Crippen molar-refractivity contribution in [2.75, 3.05) is 14.1 Å². The summed E-state index contributed by atoms with van der Waals surface area (Å²) < 4.78 is 0.606. The summed E-state index contributed by atoms with van der Waals surface area (Å²) in [6.45, 7) is 1.88. The highest BCUT2D eigenvalue weighted by molar-refractivity contribution is 9.10. The van der Waals surface area contributed by atoms with Crippen LogP contribution in [0.4, 0.5) is 5.95 Å². The molecule has 0 spiro atoms. The van der Waals surface area contributed by atoms with Gasteiger partial charge in [-0.15, -0.1) is 10.2 Å². The number of halogens is 1. The van der Waals surface area contributed by atoms with Crippen molar-refractivity contribution in [2.24, 2.45) is 4.99 Å². The van der Waals surface area contributed by atoms with E-state index in [1.807, 2.05) is 25.9 Å². The molecule has 6 heteroatoms. The van der Waals surface area contributed by atoms with E-state index in [-0.39, 0.29) is 0 Å². The first-order chi connectivity index (χ1) is 6.09. The highest BCUT2D eigenvalue weighted by atomic mass is 79.9. The highest BCUT2D eigenvalue weighted by Crippen LogP contribution is 2.05. The van der Waals surface area contributed by atoms with Crippen molar-refractivity contribution in [3.63, 3.8) is 0 Å². The minimum Gasteiger partial charge on any atom is -0.366 e. The molecule has 0 fully saturated rings. The van der Waals surface area contributed by atoms with Crippen molar-refractivity contribution in [1.29, 1.82) is 0 Å². The van der Waals surface area contributed by atoms with E-state index < -0.39 is 0 Å². The zero-order chi connectivity index (χ0) is 9.84. The van der Waals surface area contributed by atoms with Gasteiger partial charge >= 0.3 is 0 Å². The molecule has 1 aromatic heterocycles. The summed E-state index contributed by atoms with van der Waals surface area (Å²) in [6, 6.07) is 0. The molecule has 0 amide bonds. The molecule has 0 aromatic carbocycles. The van der Waals surface area contributed by atoms with Gasteiger partial charge in [-0.05, 0) is 22.9 Å². The van der Waals surface area contributed by atoms with Crippen LogP contribution in [0.5, 0.6) is 0 Å². The second kappa shape index (κ2) is 4.27. The molecule has 1 rings (SSSR count). The molecule has 0 N–H and O–H groups in total.